The van der Waals surface area contributed by atoms with Crippen LogP contribution in [-0.2, 0) is 4.79 Å². The van der Waals surface area contributed by atoms with Crippen LogP contribution in [0.5, 0.6) is 0 Å². The van der Waals surface area contributed by atoms with Gasteiger partial charge in [-0.25, -0.2) is 0 Å². The first-order valence-corrected chi connectivity index (χ1v) is 6.51. The number of aryl methyl sites for hydroxylation is 2. The fraction of sp³-hybridized carbons (Fsp3) is 0.692. The van der Waals surface area contributed by atoms with Crippen LogP contribution in [0.1, 0.15) is 37.1 Å². The number of nitrogens with zero attached hydrogens (tertiary/aromatic N) is 1. The summed E-state index contributed by atoms with van der Waals surface area (Å²) in [5, 5.41) is 10.0. The highest BCUT2D eigenvalue weighted by Crippen LogP contribution is 2.55. The van der Waals surface area contributed by atoms with Gasteiger partial charge in [-0.15, -0.1) is 0 Å². The molecule has 2 N–H and O–H groups in total. The lowest BCUT2D eigenvalue weighted by Gasteiger charge is -2.04. The molecule has 1 aromatic heterocycles. The van der Waals surface area contributed by atoms with Gasteiger partial charge in [0.2, 0.25) is 5.91 Å². The third-order valence-electron chi connectivity index (χ3n) is 4.34. The summed E-state index contributed by atoms with van der Waals surface area (Å²) in [4.78, 5) is 12.2. The van der Waals surface area contributed by atoms with Crippen molar-refractivity contribution in [1.29, 1.82) is 0 Å². The number of amides is 1. The molecule has 0 spiro atoms. The Kier molecular flexibility index (Phi) is 2.45. The van der Waals surface area contributed by atoms with Gasteiger partial charge in [-0.05, 0) is 38.5 Å². The Morgan fingerprint density at radius 1 is 1.29 bits per heavy atom. The maximum absolute atomic E-state index is 12.2. The monoisotopic (exact) mass is 233 g/mol. The van der Waals surface area contributed by atoms with Gasteiger partial charge in [0.25, 0.3) is 0 Å². The first kappa shape index (κ1) is 10.8. The number of carbonyl (C=O) groups excluding carboxylic acids is 1. The van der Waals surface area contributed by atoms with Crippen LogP contribution in [-0.4, -0.2) is 16.1 Å². The maximum Gasteiger partial charge on any atom is 0.228 e. The largest absolute Gasteiger partial charge is 0.323 e. The van der Waals surface area contributed by atoms with Gasteiger partial charge in [0, 0.05) is 5.92 Å². The Morgan fingerprint density at radius 2 is 1.94 bits per heavy atom. The molecule has 2 aliphatic rings. The van der Waals surface area contributed by atoms with Gasteiger partial charge in [-0.3, -0.25) is 9.89 Å². The summed E-state index contributed by atoms with van der Waals surface area (Å²) in [5.41, 5.74) is 2.69. The molecule has 0 radical (unpaired) electrons. The molecule has 1 amide bonds. The van der Waals surface area contributed by atoms with Crippen molar-refractivity contribution in [3.63, 3.8) is 0 Å². The number of hydrogen-bond acceptors (Lipinski definition) is 2. The van der Waals surface area contributed by atoms with Crippen molar-refractivity contribution in [3.05, 3.63) is 11.4 Å². The predicted molar refractivity (Wildman–Crippen MR) is 65.6 cm³/mol. The maximum atomic E-state index is 12.2. The number of rotatable bonds is 2. The van der Waals surface area contributed by atoms with Crippen molar-refractivity contribution < 1.29 is 4.79 Å². The molecule has 92 valence electrons. The second-order valence-electron chi connectivity index (χ2n) is 5.44. The molecular weight excluding hydrogens is 214 g/mol. The van der Waals surface area contributed by atoms with Crippen LogP contribution >= 0.6 is 0 Å². The summed E-state index contributed by atoms with van der Waals surface area (Å²) in [5.74, 6) is 1.80. The average Bonchev–Trinajstić information content (AvgIpc) is 2.99. The molecule has 0 saturated heterocycles. The van der Waals surface area contributed by atoms with Gasteiger partial charge in [-0.1, -0.05) is 12.8 Å². The third kappa shape index (κ3) is 1.75. The van der Waals surface area contributed by atoms with Crippen LogP contribution in [0, 0.1) is 31.6 Å². The molecule has 0 bridgehead atoms. The van der Waals surface area contributed by atoms with Crippen molar-refractivity contribution in [2.24, 2.45) is 17.8 Å². The van der Waals surface area contributed by atoms with Crippen molar-refractivity contribution in [2.45, 2.75) is 39.5 Å². The minimum Gasteiger partial charge on any atom is -0.323 e. The van der Waals surface area contributed by atoms with Gasteiger partial charge in [0.1, 0.15) is 0 Å². The number of carbonyl (C=O) groups is 1. The van der Waals surface area contributed by atoms with Crippen LogP contribution in [0.3, 0.4) is 0 Å². The third-order valence-corrected chi connectivity index (χ3v) is 4.34. The Bertz CT molecular complexity index is 420. The highest BCUT2D eigenvalue weighted by atomic mass is 16.2. The van der Waals surface area contributed by atoms with Crippen molar-refractivity contribution >= 4 is 11.6 Å². The van der Waals surface area contributed by atoms with Crippen molar-refractivity contribution in [3.8, 4) is 0 Å². The molecule has 2 fully saturated rings. The molecule has 1 aromatic rings. The van der Waals surface area contributed by atoms with E-state index in [9.17, 15) is 4.79 Å². The number of aromatic amines is 1. The van der Waals surface area contributed by atoms with Gasteiger partial charge in [-0.2, -0.15) is 5.10 Å². The second kappa shape index (κ2) is 3.86. The summed E-state index contributed by atoms with van der Waals surface area (Å²) in [7, 11) is 0. The molecule has 4 nitrogen and oxygen atoms in total. The minimum atomic E-state index is 0.203. The fourth-order valence-corrected chi connectivity index (χ4v) is 3.32. The smallest absolute Gasteiger partial charge is 0.228 e. The number of anilines is 1. The van der Waals surface area contributed by atoms with Crippen LogP contribution in [0.15, 0.2) is 0 Å². The van der Waals surface area contributed by atoms with E-state index in [1.807, 2.05) is 13.8 Å². The van der Waals surface area contributed by atoms with Crippen LogP contribution in [0.25, 0.3) is 0 Å². The molecule has 0 aliphatic heterocycles. The first-order chi connectivity index (χ1) is 8.18. The molecule has 1 heterocycles. The number of H-pyrrole nitrogens is 1. The molecule has 17 heavy (non-hydrogen) atoms. The summed E-state index contributed by atoms with van der Waals surface area (Å²) in [6.45, 7) is 3.86. The van der Waals surface area contributed by atoms with Gasteiger partial charge in [0.05, 0.1) is 17.1 Å². The van der Waals surface area contributed by atoms with Gasteiger partial charge in [0.15, 0.2) is 0 Å². The van der Waals surface area contributed by atoms with Gasteiger partial charge < -0.3 is 5.32 Å². The Balaban J connectivity index is 1.69. The van der Waals surface area contributed by atoms with E-state index in [4.69, 9.17) is 0 Å². The zero-order valence-corrected chi connectivity index (χ0v) is 10.4. The number of nitrogens with one attached hydrogen (secondary N) is 2. The lowest BCUT2D eigenvalue weighted by molar-refractivity contribution is -0.117. The lowest BCUT2D eigenvalue weighted by atomic mass is 10.0. The minimum absolute atomic E-state index is 0.203. The van der Waals surface area contributed by atoms with E-state index in [-0.39, 0.29) is 11.8 Å². The second-order valence-corrected chi connectivity index (χ2v) is 5.44. The summed E-state index contributed by atoms with van der Waals surface area (Å²) < 4.78 is 0. The highest BCUT2D eigenvalue weighted by Gasteiger charge is 2.54. The Labute approximate surface area is 101 Å². The topological polar surface area (TPSA) is 57.8 Å². The normalized spacial score (nSPS) is 30.8. The van der Waals surface area contributed by atoms with E-state index >= 15 is 0 Å². The van der Waals surface area contributed by atoms with E-state index in [2.05, 4.69) is 15.5 Å². The van der Waals surface area contributed by atoms with Crippen LogP contribution in [0.4, 0.5) is 5.69 Å². The Hall–Kier alpha value is -1.32. The quantitative estimate of drug-likeness (QED) is 0.824. The van der Waals surface area contributed by atoms with Gasteiger partial charge >= 0.3 is 0 Å². The number of hydrogen-bond donors (Lipinski definition) is 2. The fourth-order valence-electron chi connectivity index (χ4n) is 3.32. The molecule has 0 aromatic carbocycles. The Morgan fingerprint density at radius 3 is 2.47 bits per heavy atom. The van der Waals surface area contributed by atoms with Crippen molar-refractivity contribution in [1.82, 2.24) is 10.2 Å². The summed E-state index contributed by atoms with van der Waals surface area (Å²) in [6.07, 6.45) is 5.08. The molecule has 4 heteroatoms. The molecule has 2 aliphatic carbocycles. The summed E-state index contributed by atoms with van der Waals surface area (Å²) in [6, 6.07) is 0. The number of aromatic nitrogens is 2. The van der Waals surface area contributed by atoms with Crippen LogP contribution < -0.4 is 5.32 Å². The molecule has 3 rings (SSSR count). The molecule has 2 unspecified atom stereocenters. The molecule has 2 atom stereocenters. The molecule has 2 saturated carbocycles. The van der Waals surface area contributed by atoms with E-state index < -0.39 is 0 Å². The number of fused-ring (bicyclic) bond motifs is 1. The first-order valence-electron chi connectivity index (χ1n) is 6.51. The SMILES string of the molecule is Cc1n[nH]c(C)c1NC(=O)C1C2CCCCC21. The highest BCUT2D eigenvalue weighted by molar-refractivity contribution is 5.95. The van der Waals surface area contributed by atoms with Crippen molar-refractivity contribution in [2.75, 3.05) is 5.32 Å². The zero-order chi connectivity index (χ0) is 12.0. The van der Waals surface area contributed by atoms with E-state index in [1.165, 1.54) is 25.7 Å². The standard InChI is InChI=1S/C13H19N3O/c1-7-12(8(2)16-15-7)14-13(17)11-9-5-3-4-6-10(9)11/h9-11H,3-6H2,1-2H3,(H,14,17)(H,15,16). The molecular formula is C13H19N3O. The zero-order valence-electron chi connectivity index (χ0n) is 10.4. The van der Waals surface area contributed by atoms with Crippen LogP contribution in [0.2, 0.25) is 0 Å². The van der Waals surface area contributed by atoms with E-state index in [1.54, 1.807) is 0 Å². The lowest BCUT2D eigenvalue weighted by Crippen LogP contribution is -2.16. The summed E-state index contributed by atoms with van der Waals surface area (Å²) >= 11 is 0. The van der Waals surface area contributed by atoms with E-state index in [0.29, 0.717) is 11.8 Å². The van der Waals surface area contributed by atoms with E-state index in [0.717, 1.165) is 17.1 Å². The average molecular weight is 233 g/mol. The predicted octanol–water partition coefficient (Wildman–Crippen LogP) is 2.40.